The molecule has 0 saturated heterocycles. The van der Waals surface area contributed by atoms with Crippen LogP contribution in [-0.4, -0.2) is 42.5 Å². The molecule has 1 amide bonds. The van der Waals surface area contributed by atoms with Gasteiger partial charge in [0.15, 0.2) is 9.84 Å². The zero-order chi connectivity index (χ0) is 19.3. The van der Waals surface area contributed by atoms with E-state index in [9.17, 15) is 23.3 Å². The van der Waals surface area contributed by atoms with E-state index in [0.29, 0.717) is 17.7 Å². The van der Waals surface area contributed by atoms with Crippen molar-refractivity contribution in [3.05, 3.63) is 39.4 Å². The highest BCUT2D eigenvalue weighted by molar-refractivity contribution is 7.91. The molecular weight excluding hydrogens is 356 g/mol. The summed E-state index contributed by atoms with van der Waals surface area (Å²) in [5.41, 5.74) is 0.585. The van der Waals surface area contributed by atoms with Crippen molar-refractivity contribution in [1.82, 2.24) is 4.90 Å². The zero-order valence-corrected chi connectivity index (χ0v) is 16.1. The third kappa shape index (κ3) is 5.03. The van der Waals surface area contributed by atoms with Crippen LogP contribution in [0.1, 0.15) is 50.2 Å². The minimum absolute atomic E-state index is 0.110. The average Bonchev–Trinajstić information content (AvgIpc) is 2.57. The first-order valence-electron chi connectivity index (χ1n) is 8.98. The molecular formula is C18H26N2O5S. The molecule has 0 aromatic heterocycles. The number of amides is 1. The summed E-state index contributed by atoms with van der Waals surface area (Å²) in [6, 6.07) is 4.50. The van der Waals surface area contributed by atoms with Gasteiger partial charge in [-0.15, -0.1) is 0 Å². The summed E-state index contributed by atoms with van der Waals surface area (Å²) < 4.78 is 25.1. The Balaban J connectivity index is 2.11. The molecule has 0 spiro atoms. The fourth-order valence-corrected chi connectivity index (χ4v) is 5.04. The quantitative estimate of drug-likeness (QED) is 0.533. The summed E-state index contributed by atoms with van der Waals surface area (Å²) in [5, 5.41) is 11.0. The molecule has 0 atom stereocenters. The Bertz CT molecular complexity index is 770. The van der Waals surface area contributed by atoms with E-state index < -0.39 is 20.5 Å². The molecule has 1 aromatic rings. The Morgan fingerprint density at radius 2 is 1.92 bits per heavy atom. The zero-order valence-electron chi connectivity index (χ0n) is 15.3. The van der Waals surface area contributed by atoms with Crippen molar-refractivity contribution >= 4 is 21.4 Å². The van der Waals surface area contributed by atoms with Gasteiger partial charge >= 0.3 is 0 Å². The van der Waals surface area contributed by atoms with E-state index in [0.717, 1.165) is 32.1 Å². The van der Waals surface area contributed by atoms with E-state index >= 15 is 0 Å². The lowest BCUT2D eigenvalue weighted by atomic mass is 9.94. The van der Waals surface area contributed by atoms with E-state index in [-0.39, 0.29) is 23.4 Å². The number of hydrogen-bond acceptors (Lipinski definition) is 5. The van der Waals surface area contributed by atoms with Gasteiger partial charge in [0.05, 0.1) is 10.7 Å². The first kappa shape index (κ1) is 20.4. The summed E-state index contributed by atoms with van der Waals surface area (Å²) in [6.45, 7) is 3.89. The second-order valence-corrected chi connectivity index (χ2v) is 8.89. The SMILES string of the molecule is CCN(C(=O)CS(=O)(=O)Cc1cccc([N+](=O)[O-])c1C)C1CCCCC1. The Kier molecular flexibility index (Phi) is 6.75. The van der Waals surface area contributed by atoms with Crippen LogP contribution in [0.5, 0.6) is 0 Å². The number of rotatable bonds is 7. The molecule has 1 saturated carbocycles. The third-order valence-electron chi connectivity index (χ3n) is 5.01. The maximum atomic E-state index is 12.6. The maximum absolute atomic E-state index is 12.6. The molecule has 1 aromatic carbocycles. The van der Waals surface area contributed by atoms with Crippen LogP contribution in [0.25, 0.3) is 0 Å². The second-order valence-electron chi connectivity index (χ2n) is 6.82. The van der Waals surface area contributed by atoms with E-state index in [4.69, 9.17) is 0 Å². The van der Waals surface area contributed by atoms with Crippen LogP contribution in [0.15, 0.2) is 18.2 Å². The van der Waals surface area contributed by atoms with E-state index in [1.54, 1.807) is 11.0 Å². The number of nitro groups is 1. The van der Waals surface area contributed by atoms with Gasteiger partial charge in [0.25, 0.3) is 5.69 Å². The Morgan fingerprint density at radius 1 is 1.27 bits per heavy atom. The number of carbonyl (C=O) groups is 1. The van der Waals surface area contributed by atoms with Crippen LogP contribution in [0.4, 0.5) is 5.69 Å². The van der Waals surface area contributed by atoms with Crippen LogP contribution in [0, 0.1) is 17.0 Å². The number of benzene rings is 1. The number of hydrogen-bond donors (Lipinski definition) is 0. The first-order valence-corrected chi connectivity index (χ1v) is 10.8. The summed E-state index contributed by atoms with van der Waals surface area (Å²) in [4.78, 5) is 24.7. The summed E-state index contributed by atoms with van der Waals surface area (Å²) >= 11 is 0. The molecule has 0 radical (unpaired) electrons. The fourth-order valence-electron chi connectivity index (χ4n) is 3.61. The molecule has 0 N–H and O–H groups in total. The van der Waals surface area contributed by atoms with Gasteiger partial charge in [-0.2, -0.15) is 0 Å². The van der Waals surface area contributed by atoms with Gasteiger partial charge in [-0.1, -0.05) is 31.4 Å². The van der Waals surface area contributed by atoms with Crippen molar-refractivity contribution in [1.29, 1.82) is 0 Å². The lowest BCUT2D eigenvalue weighted by Gasteiger charge is -2.33. The molecule has 1 aliphatic rings. The topological polar surface area (TPSA) is 97.6 Å². The largest absolute Gasteiger partial charge is 0.339 e. The average molecular weight is 382 g/mol. The predicted octanol–water partition coefficient (Wildman–Crippen LogP) is 3.00. The van der Waals surface area contributed by atoms with Gasteiger partial charge in [0, 0.05) is 24.2 Å². The summed E-state index contributed by atoms with van der Waals surface area (Å²) in [6.07, 6.45) is 5.13. The van der Waals surface area contributed by atoms with E-state index in [2.05, 4.69) is 0 Å². The number of carbonyl (C=O) groups excluding carboxylic acids is 1. The molecule has 7 nitrogen and oxygen atoms in total. The third-order valence-corrected chi connectivity index (χ3v) is 6.45. The van der Waals surface area contributed by atoms with Gasteiger partial charge in [0.1, 0.15) is 5.75 Å². The molecule has 0 aliphatic heterocycles. The Labute approximate surface area is 154 Å². The molecule has 0 unspecified atom stereocenters. The van der Waals surface area contributed by atoms with Crippen LogP contribution < -0.4 is 0 Å². The fraction of sp³-hybridized carbons (Fsp3) is 0.611. The molecule has 1 fully saturated rings. The molecule has 8 heteroatoms. The standard InChI is InChI=1S/C18H26N2O5S/c1-3-19(16-9-5-4-6-10-16)18(21)13-26(24,25)12-15-8-7-11-17(14(15)2)20(22)23/h7-8,11,16H,3-6,9-10,12-13H2,1-2H3. The van der Waals surface area contributed by atoms with Crippen LogP contribution in [0.2, 0.25) is 0 Å². The molecule has 0 heterocycles. The van der Waals surface area contributed by atoms with Crippen molar-refractivity contribution < 1.29 is 18.1 Å². The summed E-state index contributed by atoms with van der Waals surface area (Å²) in [5.74, 6) is -1.30. The van der Waals surface area contributed by atoms with Crippen LogP contribution >= 0.6 is 0 Å². The van der Waals surface area contributed by atoms with Gasteiger partial charge in [-0.05, 0) is 32.3 Å². The molecule has 1 aliphatic carbocycles. The predicted molar refractivity (Wildman–Crippen MR) is 99.6 cm³/mol. The van der Waals surface area contributed by atoms with E-state index in [1.165, 1.54) is 19.1 Å². The minimum atomic E-state index is -3.71. The van der Waals surface area contributed by atoms with Crippen molar-refractivity contribution in [2.75, 3.05) is 12.3 Å². The van der Waals surface area contributed by atoms with Gasteiger partial charge in [-0.25, -0.2) is 8.42 Å². The van der Waals surface area contributed by atoms with Gasteiger partial charge in [-0.3, -0.25) is 14.9 Å². The number of sulfone groups is 1. The van der Waals surface area contributed by atoms with Crippen molar-refractivity contribution in [2.45, 2.75) is 57.7 Å². The smallest absolute Gasteiger partial charge is 0.272 e. The van der Waals surface area contributed by atoms with Crippen molar-refractivity contribution in [3.63, 3.8) is 0 Å². The number of nitro benzene ring substituents is 1. The maximum Gasteiger partial charge on any atom is 0.272 e. The normalized spacial score (nSPS) is 15.6. The highest BCUT2D eigenvalue weighted by Gasteiger charge is 2.28. The van der Waals surface area contributed by atoms with E-state index in [1.807, 2.05) is 6.92 Å². The Morgan fingerprint density at radius 3 is 2.50 bits per heavy atom. The molecule has 2 rings (SSSR count). The highest BCUT2D eigenvalue weighted by Crippen LogP contribution is 2.25. The van der Waals surface area contributed by atoms with Crippen LogP contribution in [-0.2, 0) is 20.4 Å². The molecule has 26 heavy (non-hydrogen) atoms. The molecule has 0 bridgehead atoms. The van der Waals surface area contributed by atoms with Crippen molar-refractivity contribution in [2.24, 2.45) is 0 Å². The number of nitrogens with zero attached hydrogens (tertiary/aromatic N) is 2. The van der Waals surface area contributed by atoms with Crippen LogP contribution in [0.3, 0.4) is 0 Å². The molecule has 144 valence electrons. The highest BCUT2D eigenvalue weighted by atomic mass is 32.2. The lowest BCUT2D eigenvalue weighted by Crippen LogP contribution is -2.44. The summed E-state index contributed by atoms with van der Waals surface area (Å²) in [7, 11) is -3.71. The minimum Gasteiger partial charge on any atom is -0.339 e. The second kappa shape index (κ2) is 8.62. The first-order chi connectivity index (χ1) is 12.2. The lowest BCUT2D eigenvalue weighted by molar-refractivity contribution is -0.385. The monoisotopic (exact) mass is 382 g/mol. The Hall–Kier alpha value is -1.96. The van der Waals surface area contributed by atoms with Gasteiger partial charge < -0.3 is 4.90 Å². The van der Waals surface area contributed by atoms with Crippen molar-refractivity contribution in [3.8, 4) is 0 Å². The van der Waals surface area contributed by atoms with Gasteiger partial charge in [0.2, 0.25) is 5.91 Å².